The van der Waals surface area contributed by atoms with Crippen molar-refractivity contribution in [1.29, 1.82) is 0 Å². The van der Waals surface area contributed by atoms with Crippen molar-refractivity contribution < 1.29 is 31.6 Å². The summed E-state index contributed by atoms with van der Waals surface area (Å²) in [6, 6.07) is 1.78. The monoisotopic (exact) mass is 427 g/mol. The molecule has 0 aromatic carbocycles. The van der Waals surface area contributed by atoms with Crippen LogP contribution in [0.15, 0.2) is 0 Å². The van der Waals surface area contributed by atoms with Gasteiger partial charge >= 0.3 is 17.4 Å². The quantitative estimate of drug-likeness (QED) is 0.227. The summed E-state index contributed by atoms with van der Waals surface area (Å²) in [7, 11) is 0.580. The SMILES string of the molecule is CCO[Si](C)(CCCOCC1CO1)OCC.CO[Si](CCCN)(OC)OC. The Morgan fingerprint density at radius 1 is 0.963 bits per heavy atom. The number of epoxide rings is 1. The smallest absolute Gasteiger partial charge is 0.395 e. The van der Waals surface area contributed by atoms with E-state index in [9.17, 15) is 0 Å². The summed E-state index contributed by atoms with van der Waals surface area (Å²) in [4.78, 5) is 0. The lowest BCUT2D eigenvalue weighted by Crippen LogP contribution is -2.42. The molecule has 1 unspecified atom stereocenters. The molecule has 1 fully saturated rings. The van der Waals surface area contributed by atoms with Crippen LogP contribution < -0.4 is 5.73 Å². The van der Waals surface area contributed by atoms with Gasteiger partial charge in [0.15, 0.2) is 0 Å². The van der Waals surface area contributed by atoms with E-state index >= 15 is 0 Å². The summed E-state index contributed by atoms with van der Waals surface area (Å²) in [5, 5.41) is 0. The molecule has 10 heteroatoms. The molecule has 0 spiro atoms. The van der Waals surface area contributed by atoms with Crippen LogP contribution in [0.25, 0.3) is 0 Å². The van der Waals surface area contributed by atoms with Crippen LogP contribution >= 0.6 is 0 Å². The fraction of sp³-hybridized carbons (Fsp3) is 1.00. The van der Waals surface area contributed by atoms with Crippen LogP contribution in [-0.4, -0.2) is 84.4 Å². The summed E-state index contributed by atoms with van der Waals surface area (Å²) < 4.78 is 37.6. The average Bonchev–Trinajstić information content (AvgIpc) is 3.48. The number of hydrogen-bond donors (Lipinski definition) is 1. The van der Waals surface area contributed by atoms with Gasteiger partial charge in [0.1, 0.15) is 6.10 Å². The molecule has 0 bridgehead atoms. The fourth-order valence-corrected chi connectivity index (χ4v) is 6.68. The van der Waals surface area contributed by atoms with E-state index in [1.807, 2.05) is 13.8 Å². The predicted octanol–water partition coefficient (Wildman–Crippen LogP) is 2.15. The molecule has 0 radical (unpaired) electrons. The van der Waals surface area contributed by atoms with E-state index in [0.29, 0.717) is 12.6 Å². The standard InChI is InChI=1S/C11H24O4Si.C6H17NO3Si/c1-4-14-16(3,15-5-2)8-6-7-12-9-11-10-13-11;1-8-11(9-2,10-3)6-4-5-7/h11H,4-10H2,1-3H3;4-7H2,1-3H3. The Morgan fingerprint density at radius 3 is 1.93 bits per heavy atom. The van der Waals surface area contributed by atoms with Gasteiger partial charge in [0.25, 0.3) is 0 Å². The van der Waals surface area contributed by atoms with Crippen LogP contribution in [0.4, 0.5) is 0 Å². The summed E-state index contributed by atoms with van der Waals surface area (Å²) in [6.45, 7) is 10.7. The van der Waals surface area contributed by atoms with Gasteiger partial charge < -0.3 is 37.3 Å². The highest BCUT2D eigenvalue weighted by molar-refractivity contribution is 6.66. The van der Waals surface area contributed by atoms with Gasteiger partial charge in [-0.1, -0.05) is 0 Å². The molecular weight excluding hydrogens is 386 g/mol. The molecule has 1 rings (SSSR count). The zero-order valence-electron chi connectivity index (χ0n) is 18.1. The third-order valence-electron chi connectivity index (χ3n) is 4.15. The van der Waals surface area contributed by atoms with Gasteiger partial charge in [-0.3, -0.25) is 0 Å². The van der Waals surface area contributed by atoms with Crippen molar-refractivity contribution in [3.63, 3.8) is 0 Å². The van der Waals surface area contributed by atoms with E-state index in [1.54, 1.807) is 21.3 Å². The Morgan fingerprint density at radius 2 is 1.52 bits per heavy atom. The van der Waals surface area contributed by atoms with Crippen LogP contribution in [0.1, 0.15) is 26.7 Å². The minimum atomic E-state index is -2.32. The molecule has 1 heterocycles. The Balaban J connectivity index is 0.000000541. The van der Waals surface area contributed by atoms with Crippen LogP contribution in [0, 0.1) is 0 Å². The van der Waals surface area contributed by atoms with Crippen molar-refractivity contribution in [3.8, 4) is 0 Å². The van der Waals surface area contributed by atoms with Gasteiger partial charge in [0, 0.05) is 47.2 Å². The second-order valence-corrected chi connectivity index (χ2v) is 12.8. The fourth-order valence-electron chi connectivity index (χ4n) is 2.55. The largest absolute Gasteiger partial charge is 0.500 e. The first kappa shape index (κ1) is 27.1. The number of rotatable bonds is 16. The highest BCUT2D eigenvalue weighted by atomic mass is 28.4. The van der Waals surface area contributed by atoms with E-state index < -0.39 is 17.4 Å². The minimum Gasteiger partial charge on any atom is -0.395 e. The van der Waals surface area contributed by atoms with E-state index in [-0.39, 0.29) is 0 Å². The zero-order chi connectivity index (χ0) is 20.6. The number of hydrogen-bond acceptors (Lipinski definition) is 8. The van der Waals surface area contributed by atoms with Gasteiger partial charge in [0.05, 0.1) is 13.2 Å². The summed E-state index contributed by atoms with van der Waals surface area (Å²) >= 11 is 0. The lowest BCUT2D eigenvalue weighted by Gasteiger charge is -2.25. The van der Waals surface area contributed by atoms with Crippen LogP contribution in [0.2, 0.25) is 18.6 Å². The lowest BCUT2D eigenvalue weighted by atomic mass is 10.5. The van der Waals surface area contributed by atoms with Crippen LogP contribution in [-0.2, 0) is 31.6 Å². The minimum absolute atomic E-state index is 0.363. The van der Waals surface area contributed by atoms with Gasteiger partial charge in [-0.15, -0.1) is 0 Å². The molecular formula is C17H41NO7Si2. The zero-order valence-corrected chi connectivity index (χ0v) is 20.1. The first-order valence-electron chi connectivity index (χ1n) is 9.77. The molecule has 27 heavy (non-hydrogen) atoms. The van der Waals surface area contributed by atoms with Crippen molar-refractivity contribution in [2.24, 2.45) is 5.73 Å². The van der Waals surface area contributed by atoms with E-state index in [1.165, 1.54) is 0 Å². The average molecular weight is 428 g/mol. The molecule has 0 saturated carbocycles. The predicted molar refractivity (Wildman–Crippen MR) is 110 cm³/mol. The maximum Gasteiger partial charge on any atom is 0.500 e. The molecule has 0 amide bonds. The van der Waals surface area contributed by atoms with Gasteiger partial charge in [-0.25, -0.2) is 0 Å². The van der Waals surface area contributed by atoms with Gasteiger partial charge in [-0.2, -0.15) is 0 Å². The maximum atomic E-state index is 5.75. The van der Waals surface area contributed by atoms with E-state index in [2.05, 4.69) is 6.55 Å². The molecule has 0 aromatic rings. The Labute approximate surface area is 167 Å². The molecule has 164 valence electrons. The van der Waals surface area contributed by atoms with Crippen molar-refractivity contribution in [2.45, 2.75) is 51.4 Å². The Kier molecular flexibility index (Phi) is 16.0. The van der Waals surface area contributed by atoms with Crippen LogP contribution in [0.5, 0.6) is 0 Å². The van der Waals surface area contributed by atoms with Crippen molar-refractivity contribution >= 4 is 17.4 Å². The van der Waals surface area contributed by atoms with E-state index in [4.69, 9.17) is 37.3 Å². The Hall–Kier alpha value is 0.114. The third-order valence-corrected chi connectivity index (χ3v) is 10.0. The second-order valence-electron chi connectivity index (χ2n) is 6.32. The molecule has 1 saturated heterocycles. The number of nitrogens with two attached hydrogens (primary N) is 1. The highest BCUT2D eigenvalue weighted by Crippen LogP contribution is 2.16. The molecule has 0 aliphatic carbocycles. The molecule has 0 aromatic heterocycles. The summed E-state index contributed by atoms with van der Waals surface area (Å²) in [5.41, 5.74) is 5.36. The van der Waals surface area contributed by atoms with Gasteiger partial charge in [0.2, 0.25) is 0 Å². The first-order valence-corrected chi connectivity index (χ1v) is 14.2. The maximum absolute atomic E-state index is 5.75. The van der Waals surface area contributed by atoms with Crippen molar-refractivity contribution in [3.05, 3.63) is 0 Å². The third kappa shape index (κ3) is 13.0. The summed E-state index contributed by atoms with van der Waals surface area (Å²) in [5.74, 6) is 0. The lowest BCUT2D eigenvalue weighted by molar-refractivity contribution is 0.113. The molecule has 1 aliphatic heterocycles. The second kappa shape index (κ2) is 16.0. The van der Waals surface area contributed by atoms with Gasteiger partial charge in [-0.05, 0) is 45.8 Å². The van der Waals surface area contributed by atoms with Crippen molar-refractivity contribution in [1.82, 2.24) is 0 Å². The molecule has 1 aliphatic rings. The topological polar surface area (TPSA) is 93.9 Å². The van der Waals surface area contributed by atoms with Crippen molar-refractivity contribution in [2.75, 3.05) is 60.9 Å². The number of ether oxygens (including phenoxy) is 2. The normalized spacial score (nSPS) is 16.8. The molecule has 1 atom stereocenters. The highest BCUT2D eigenvalue weighted by Gasteiger charge is 2.36. The Bertz CT molecular complexity index is 331. The van der Waals surface area contributed by atoms with Crippen LogP contribution in [0.3, 0.4) is 0 Å². The molecule has 2 N–H and O–H groups in total. The molecule has 8 nitrogen and oxygen atoms in total. The summed E-state index contributed by atoms with van der Waals surface area (Å²) in [6.07, 6.45) is 2.25. The first-order chi connectivity index (χ1) is 12.9. The van der Waals surface area contributed by atoms with E-state index in [0.717, 1.165) is 58.0 Å².